The molecular formula is C23H29. The average Bonchev–Trinajstić information content (AvgIpc) is 3.08. The largest absolute Gasteiger partial charge is 0.0648 e. The van der Waals surface area contributed by atoms with Gasteiger partial charge in [-0.3, -0.25) is 0 Å². The van der Waals surface area contributed by atoms with Crippen LogP contribution in [0.3, 0.4) is 0 Å². The summed E-state index contributed by atoms with van der Waals surface area (Å²) in [5.74, 6) is 1.46. The van der Waals surface area contributed by atoms with Crippen molar-refractivity contribution in [1.82, 2.24) is 0 Å². The molecule has 0 N–H and O–H groups in total. The Hall–Kier alpha value is -1.30. The molecule has 2 fully saturated rings. The zero-order chi connectivity index (χ0) is 16.1. The van der Waals surface area contributed by atoms with E-state index in [4.69, 9.17) is 0 Å². The Kier molecular flexibility index (Phi) is 3.55. The highest BCUT2D eigenvalue weighted by atomic mass is 14.7. The molecule has 2 aliphatic carbocycles. The van der Waals surface area contributed by atoms with E-state index in [1.165, 1.54) is 42.9 Å². The number of hydrogen-bond donors (Lipinski definition) is 0. The minimum absolute atomic E-state index is 0.477. The second-order valence-electron chi connectivity index (χ2n) is 7.76. The molecule has 3 atom stereocenters. The molecule has 0 aliphatic heterocycles. The normalized spacial score (nSPS) is 31.8. The third-order valence-corrected chi connectivity index (χ3v) is 7.67. The number of hydrogen-bond acceptors (Lipinski definition) is 0. The predicted octanol–water partition coefficient (Wildman–Crippen LogP) is 6.75. The molecule has 2 unspecified atom stereocenters. The fourth-order valence-corrected chi connectivity index (χ4v) is 6.62. The lowest BCUT2D eigenvalue weighted by molar-refractivity contribution is 0.0566. The van der Waals surface area contributed by atoms with Gasteiger partial charge in [0.05, 0.1) is 0 Å². The van der Waals surface area contributed by atoms with Crippen LogP contribution in [0.25, 0.3) is 10.8 Å². The van der Waals surface area contributed by atoms with Gasteiger partial charge < -0.3 is 0 Å². The van der Waals surface area contributed by atoms with Crippen molar-refractivity contribution in [3.63, 3.8) is 0 Å². The Morgan fingerprint density at radius 1 is 0.913 bits per heavy atom. The zero-order valence-electron chi connectivity index (χ0n) is 14.8. The summed E-state index contributed by atoms with van der Waals surface area (Å²) in [5, 5.41) is 2.86. The van der Waals surface area contributed by atoms with Crippen LogP contribution in [0.4, 0.5) is 0 Å². The van der Waals surface area contributed by atoms with Crippen molar-refractivity contribution in [2.24, 2.45) is 16.7 Å². The smallest absolute Gasteiger partial charge is 0.00597 e. The zero-order valence-corrected chi connectivity index (χ0v) is 14.8. The van der Waals surface area contributed by atoms with Gasteiger partial charge in [0.2, 0.25) is 0 Å². The molecule has 2 aromatic carbocycles. The van der Waals surface area contributed by atoms with E-state index in [1.54, 1.807) is 5.56 Å². The molecule has 23 heavy (non-hydrogen) atoms. The molecule has 2 saturated carbocycles. The molecule has 0 aromatic heterocycles. The van der Waals surface area contributed by atoms with Crippen molar-refractivity contribution >= 4 is 10.8 Å². The van der Waals surface area contributed by atoms with Crippen LogP contribution in [-0.4, -0.2) is 0 Å². The van der Waals surface area contributed by atoms with Crippen LogP contribution in [0, 0.1) is 23.2 Å². The van der Waals surface area contributed by atoms with E-state index >= 15 is 0 Å². The van der Waals surface area contributed by atoms with E-state index in [0.717, 1.165) is 5.92 Å². The maximum absolute atomic E-state index is 2.75. The number of rotatable bonds is 4. The van der Waals surface area contributed by atoms with Gasteiger partial charge in [-0.1, -0.05) is 63.2 Å². The molecule has 0 nitrogen and oxygen atoms in total. The second kappa shape index (κ2) is 5.36. The van der Waals surface area contributed by atoms with Gasteiger partial charge >= 0.3 is 0 Å². The topological polar surface area (TPSA) is 0 Å². The molecule has 4 rings (SSSR count). The third-order valence-electron chi connectivity index (χ3n) is 7.67. The Labute approximate surface area is 141 Å². The summed E-state index contributed by atoms with van der Waals surface area (Å²) in [6.45, 7) is 7.32. The fourth-order valence-electron chi connectivity index (χ4n) is 6.62. The first-order chi connectivity index (χ1) is 11.2. The first-order valence-corrected chi connectivity index (χ1v) is 9.55. The lowest BCUT2D eigenvalue weighted by atomic mass is 9.58. The van der Waals surface area contributed by atoms with Gasteiger partial charge in [-0.15, -0.1) is 0 Å². The number of benzene rings is 2. The lowest BCUT2D eigenvalue weighted by Gasteiger charge is -2.46. The molecule has 2 aromatic rings. The predicted molar refractivity (Wildman–Crippen MR) is 99.5 cm³/mol. The summed E-state index contributed by atoms with van der Waals surface area (Å²) in [5.41, 5.74) is 2.59. The molecule has 0 spiro atoms. The Morgan fingerprint density at radius 2 is 1.65 bits per heavy atom. The van der Waals surface area contributed by atoms with E-state index in [1.807, 2.05) is 0 Å². The standard InChI is InChI=1S/C23H29/c1-4-22(5-2)18-14-15-23(22,6-3)21(16-18)20-13-9-11-17-10-7-8-12-19(17)20/h7-13,16,18,21H,4-6,14-15H2,1-3H3/t18?,21?,23-/m0/s1. The van der Waals surface area contributed by atoms with E-state index < -0.39 is 0 Å². The van der Waals surface area contributed by atoms with Crippen LogP contribution >= 0.6 is 0 Å². The number of fused-ring (bicyclic) bond motifs is 3. The molecule has 0 amide bonds. The van der Waals surface area contributed by atoms with E-state index in [-0.39, 0.29) is 0 Å². The highest BCUT2D eigenvalue weighted by Crippen LogP contribution is 2.74. The summed E-state index contributed by atoms with van der Waals surface area (Å²) >= 11 is 0. The van der Waals surface area contributed by atoms with Gasteiger partial charge in [-0.2, -0.15) is 0 Å². The van der Waals surface area contributed by atoms with Gasteiger partial charge in [0.25, 0.3) is 0 Å². The highest BCUT2D eigenvalue weighted by Gasteiger charge is 2.65. The summed E-state index contributed by atoms with van der Waals surface area (Å²) < 4.78 is 0. The van der Waals surface area contributed by atoms with Crippen LogP contribution in [0.15, 0.2) is 42.5 Å². The van der Waals surface area contributed by atoms with Gasteiger partial charge in [0, 0.05) is 0 Å². The summed E-state index contributed by atoms with van der Waals surface area (Å²) in [6.07, 6.45) is 9.56. The van der Waals surface area contributed by atoms with Crippen LogP contribution < -0.4 is 0 Å². The van der Waals surface area contributed by atoms with E-state index in [0.29, 0.717) is 16.7 Å². The average molecular weight is 305 g/mol. The van der Waals surface area contributed by atoms with Crippen molar-refractivity contribution in [2.75, 3.05) is 0 Å². The van der Waals surface area contributed by atoms with Crippen molar-refractivity contribution in [2.45, 2.75) is 58.8 Å². The maximum Gasteiger partial charge on any atom is -0.00597 e. The van der Waals surface area contributed by atoms with Crippen molar-refractivity contribution in [1.29, 1.82) is 0 Å². The molecule has 0 saturated heterocycles. The quantitative estimate of drug-likeness (QED) is 0.585. The molecular weight excluding hydrogens is 276 g/mol. The first-order valence-electron chi connectivity index (χ1n) is 9.55. The highest BCUT2D eigenvalue weighted by molar-refractivity contribution is 5.86. The Morgan fingerprint density at radius 3 is 2.39 bits per heavy atom. The summed E-state index contributed by atoms with van der Waals surface area (Å²) in [4.78, 5) is 0. The van der Waals surface area contributed by atoms with Gasteiger partial charge in [0.15, 0.2) is 0 Å². The third kappa shape index (κ3) is 1.78. The maximum atomic E-state index is 2.75. The molecule has 1 radical (unpaired) electrons. The van der Waals surface area contributed by atoms with Crippen molar-refractivity contribution < 1.29 is 0 Å². The van der Waals surface area contributed by atoms with E-state index in [9.17, 15) is 0 Å². The molecule has 2 aliphatic rings. The second-order valence-corrected chi connectivity index (χ2v) is 7.76. The first kappa shape index (κ1) is 15.2. The van der Waals surface area contributed by atoms with Crippen molar-refractivity contribution in [3.05, 3.63) is 54.4 Å². The SMILES string of the molecule is CCC1(CC)C2[CH]C(c3cccc4ccccc34)[C@]1(CC)CC2. The molecule has 2 bridgehead atoms. The Bertz CT molecular complexity index is 704. The molecule has 0 heterocycles. The minimum atomic E-state index is 0.477. The van der Waals surface area contributed by atoms with Crippen LogP contribution in [0.1, 0.15) is 64.4 Å². The van der Waals surface area contributed by atoms with Crippen LogP contribution in [0.2, 0.25) is 0 Å². The summed E-state index contributed by atoms with van der Waals surface area (Å²) in [6, 6.07) is 15.9. The lowest BCUT2D eigenvalue weighted by Crippen LogP contribution is -2.37. The van der Waals surface area contributed by atoms with Gasteiger partial charge in [-0.25, -0.2) is 0 Å². The fraction of sp³-hybridized carbons (Fsp3) is 0.522. The van der Waals surface area contributed by atoms with Crippen molar-refractivity contribution in [3.8, 4) is 0 Å². The van der Waals surface area contributed by atoms with Crippen LogP contribution in [-0.2, 0) is 0 Å². The summed E-state index contributed by atoms with van der Waals surface area (Å²) in [7, 11) is 0. The monoisotopic (exact) mass is 305 g/mol. The molecule has 121 valence electrons. The molecule has 0 heteroatoms. The minimum Gasteiger partial charge on any atom is -0.0648 e. The Balaban J connectivity index is 1.90. The van der Waals surface area contributed by atoms with Crippen LogP contribution in [0.5, 0.6) is 0 Å². The van der Waals surface area contributed by atoms with Gasteiger partial charge in [-0.05, 0) is 77.5 Å². The van der Waals surface area contributed by atoms with Gasteiger partial charge in [0.1, 0.15) is 0 Å². The van der Waals surface area contributed by atoms with E-state index in [2.05, 4.69) is 69.7 Å².